The number of nitrogens with two attached hydrogens (primary N) is 1. The first-order chi connectivity index (χ1) is 9.17. The molecular weight excluding hydrogens is 244 g/mol. The lowest BCUT2D eigenvalue weighted by Gasteiger charge is -2.05. The van der Waals surface area contributed by atoms with Crippen molar-refractivity contribution in [1.82, 2.24) is 0 Å². The molecule has 0 aliphatic carbocycles. The molecule has 0 aromatic heterocycles. The van der Waals surface area contributed by atoms with Crippen molar-refractivity contribution in [3.63, 3.8) is 0 Å². The Morgan fingerprint density at radius 1 is 1.26 bits per heavy atom. The molecule has 2 N–H and O–H groups in total. The third kappa shape index (κ3) is 2.49. The number of aliphatic imine (C=N–C) groups is 1. The molecule has 5 nitrogen and oxygen atoms in total. The molecule has 1 aromatic rings. The van der Waals surface area contributed by atoms with E-state index in [-0.39, 0.29) is 11.4 Å². The number of hydrogen-bond donors (Lipinski definition) is 1. The zero-order chi connectivity index (χ0) is 13.8. The Balaban J connectivity index is 2.47. The van der Waals surface area contributed by atoms with Gasteiger partial charge in [0.05, 0.1) is 14.2 Å². The molecule has 0 saturated heterocycles. The van der Waals surface area contributed by atoms with Crippen molar-refractivity contribution >= 4 is 17.9 Å². The van der Waals surface area contributed by atoms with Gasteiger partial charge in [0.15, 0.2) is 5.76 Å². The molecule has 1 aliphatic heterocycles. The highest BCUT2D eigenvalue weighted by Crippen LogP contribution is 2.27. The maximum Gasteiger partial charge on any atom is 0.345 e. The van der Waals surface area contributed by atoms with Crippen LogP contribution in [-0.2, 0) is 14.3 Å². The van der Waals surface area contributed by atoms with Crippen molar-refractivity contribution in [1.29, 1.82) is 0 Å². The Bertz CT molecular complexity index is 586. The average molecular weight is 258 g/mol. The van der Waals surface area contributed by atoms with Crippen LogP contribution in [0.1, 0.15) is 5.56 Å². The molecule has 0 amide bonds. The molecule has 0 unspecified atom stereocenters. The Kier molecular flexibility index (Phi) is 3.66. The number of amidine groups is 1. The fraction of sp³-hybridized carbons (Fsp3) is 0.143. The highest BCUT2D eigenvalue weighted by Gasteiger charge is 2.29. The summed E-state index contributed by atoms with van der Waals surface area (Å²) in [5.41, 5.74) is 7.34. The summed E-state index contributed by atoms with van der Waals surface area (Å²) in [6, 6.07) is 9.57. The highest BCUT2D eigenvalue weighted by molar-refractivity contribution is 6.21. The van der Waals surface area contributed by atoms with Crippen molar-refractivity contribution < 1.29 is 14.3 Å². The standard InChI is InChI=1S/C14H14N2O3/c1-18-12-10(8-9-6-4-3-5-7-9)16-13(15)11(12)14(17)19-2/h3-8H,1-2H3,(H2,15,16)/b10-8-. The minimum atomic E-state index is -0.561. The maximum absolute atomic E-state index is 11.6. The minimum Gasteiger partial charge on any atom is -0.493 e. The highest BCUT2D eigenvalue weighted by atomic mass is 16.5. The molecule has 1 aromatic carbocycles. The summed E-state index contributed by atoms with van der Waals surface area (Å²) >= 11 is 0. The SMILES string of the molecule is COC(=O)C1=C(OC)/C(=C/c2ccccc2)N=C1N. The normalized spacial score (nSPS) is 16.5. The van der Waals surface area contributed by atoms with Crippen LogP contribution in [0.5, 0.6) is 0 Å². The number of benzene rings is 1. The molecule has 0 atom stereocenters. The second-order valence-corrected chi connectivity index (χ2v) is 3.84. The molecule has 19 heavy (non-hydrogen) atoms. The van der Waals surface area contributed by atoms with Crippen LogP contribution in [0.3, 0.4) is 0 Å². The molecule has 5 heteroatoms. The fourth-order valence-corrected chi connectivity index (χ4v) is 1.79. The number of nitrogens with zero attached hydrogens (tertiary/aromatic N) is 1. The van der Waals surface area contributed by atoms with Gasteiger partial charge in [-0.3, -0.25) is 0 Å². The van der Waals surface area contributed by atoms with Crippen molar-refractivity contribution in [3.8, 4) is 0 Å². The van der Waals surface area contributed by atoms with Crippen LogP contribution in [0.4, 0.5) is 0 Å². The first-order valence-electron chi connectivity index (χ1n) is 5.65. The predicted octanol–water partition coefficient (Wildman–Crippen LogP) is 1.47. The Hall–Kier alpha value is -2.56. The minimum absolute atomic E-state index is 0.103. The number of rotatable bonds is 3. The first-order valence-corrected chi connectivity index (χ1v) is 5.65. The van der Waals surface area contributed by atoms with Gasteiger partial charge in [0.2, 0.25) is 0 Å². The zero-order valence-corrected chi connectivity index (χ0v) is 10.7. The molecular formula is C14H14N2O3. The molecule has 0 radical (unpaired) electrons. The van der Waals surface area contributed by atoms with E-state index in [0.717, 1.165) is 5.56 Å². The van der Waals surface area contributed by atoms with E-state index < -0.39 is 5.97 Å². The molecule has 1 aliphatic rings. The van der Waals surface area contributed by atoms with E-state index in [9.17, 15) is 4.79 Å². The van der Waals surface area contributed by atoms with E-state index in [2.05, 4.69) is 9.73 Å². The van der Waals surface area contributed by atoms with Gasteiger partial charge in [-0.1, -0.05) is 30.3 Å². The topological polar surface area (TPSA) is 73.9 Å². The number of carbonyl (C=O) groups is 1. The van der Waals surface area contributed by atoms with Crippen LogP contribution in [0.25, 0.3) is 6.08 Å². The number of methoxy groups -OCH3 is 2. The smallest absolute Gasteiger partial charge is 0.345 e. The second-order valence-electron chi connectivity index (χ2n) is 3.84. The van der Waals surface area contributed by atoms with Gasteiger partial charge < -0.3 is 15.2 Å². The van der Waals surface area contributed by atoms with E-state index in [1.54, 1.807) is 6.08 Å². The summed E-state index contributed by atoms with van der Waals surface area (Å²) in [7, 11) is 2.75. The summed E-state index contributed by atoms with van der Waals surface area (Å²) in [6.45, 7) is 0. The third-order valence-electron chi connectivity index (χ3n) is 2.65. The van der Waals surface area contributed by atoms with Crippen LogP contribution >= 0.6 is 0 Å². The van der Waals surface area contributed by atoms with E-state index in [1.165, 1.54) is 14.2 Å². The van der Waals surface area contributed by atoms with E-state index in [4.69, 9.17) is 10.5 Å². The van der Waals surface area contributed by atoms with Gasteiger partial charge in [-0.25, -0.2) is 9.79 Å². The van der Waals surface area contributed by atoms with Crippen LogP contribution < -0.4 is 5.73 Å². The maximum atomic E-state index is 11.6. The van der Waals surface area contributed by atoms with E-state index in [0.29, 0.717) is 11.5 Å². The van der Waals surface area contributed by atoms with Crippen LogP contribution in [-0.4, -0.2) is 26.0 Å². The Labute approximate surface area is 111 Å². The van der Waals surface area contributed by atoms with Crippen molar-refractivity contribution in [2.24, 2.45) is 10.7 Å². The zero-order valence-electron chi connectivity index (χ0n) is 10.7. The summed E-state index contributed by atoms with van der Waals surface area (Å²) in [5.74, 6) is -0.131. The van der Waals surface area contributed by atoms with Crippen molar-refractivity contribution in [2.45, 2.75) is 0 Å². The summed E-state index contributed by atoms with van der Waals surface area (Å²) in [4.78, 5) is 15.8. The number of carbonyl (C=O) groups excluding carboxylic acids is 1. The van der Waals surface area contributed by atoms with Crippen LogP contribution in [0, 0.1) is 0 Å². The average Bonchev–Trinajstić information content (AvgIpc) is 2.74. The van der Waals surface area contributed by atoms with Crippen LogP contribution in [0.15, 0.2) is 52.4 Å². The lowest BCUT2D eigenvalue weighted by Crippen LogP contribution is -2.21. The molecule has 0 fully saturated rings. The lowest BCUT2D eigenvalue weighted by atomic mass is 10.1. The summed E-state index contributed by atoms with van der Waals surface area (Å²) < 4.78 is 9.89. The molecule has 0 saturated carbocycles. The van der Waals surface area contributed by atoms with Gasteiger partial charge in [-0.15, -0.1) is 0 Å². The van der Waals surface area contributed by atoms with E-state index in [1.807, 2.05) is 30.3 Å². The molecule has 98 valence electrons. The molecule has 0 spiro atoms. The molecule has 0 bridgehead atoms. The number of esters is 1. The van der Waals surface area contributed by atoms with Gasteiger partial charge in [0, 0.05) is 0 Å². The lowest BCUT2D eigenvalue weighted by molar-refractivity contribution is -0.135. The number of hydrogen-bond acceptors (Lipinski definition) is 5. The monoisotopic (exact) mass is 258 g/mol. The quantitative estimate of drug-likeness (QED) is 0.833. The summed E-state index contributed by atoms with van der Waals surface area (Å²) in [6.07, 6.45) is 1.79. The van der Waals surface area contributed by atoms with Gasteiger partial charge in [0.1, 0.15) is 17.1 Å². The van der Waals surface area contributed by atoms with E-state index >= 15 is 0 Å². The van der Waals surface area contributed by atoms with Gasteiger partial charge in [-0.05, 0) is 11.6 Å². The summed E-state index contributed by atoms with van der Waals surface area (Å²) in [5, 5.41) is 0. The Morgan fingerprint density at radius 2 is 1.95 bits per heavy atom. The van der Waals surface area contributed by atoms with Crippen molar-refractivity contribution in [2.75, 3.05) is 14.2 Å². The largest absolute Gasteiger partial charge is 0.493 e. The number of ether oxygens (including phenoxy) is 2. The van der Waals surface area contributed by atoms with Gasteiger partial charge >= 0.3 is 5.97 Å². The van der Waals surface area contributed by atoms with Crippen LogP contribution in [0.2, 0.25) is 0 Å². The first kappa shape index (κ1) is 12.9. The predicted molar refractivity (Wildman–Crippen MR) is 72.1 cm³/mol. The fourth-order valence-electron chi connectivity index (χ4n) is 1.79. The molecule has 1 heterocycles. The van der Waals surface area contributed by atoms with Gasteiger partial charge in [-0.2, -0.15) is 0 Å². The molecule has 2 rings (SSSR count). The van der Waals surface area contributed by atoms with Gasteiger partial charge in [0.25, 0.3) is 0 Å². The third-order valence-corrected chi connectivity index (χ3v) is 2.65. The van der Waals surface area contributed by atoms with Crippen molar-refractivity contribution in [3.05, 3.63) is 52.9 Å². The Morgan fingerprint density at radius 3 is 2.53 bits per heavy atom. The second kappa shape index (κ2) is 5.39.